The van der Waals surface area contributed by atoms with E-state index in [1.54, 1.807) is 0 Å². The Hall–Kier alpha value is -1.30. The number of hydrogen-bond donors (Lipinski definition) is 1. The highest BCUT2D eigenvalue weighted by molar-refractivity contribution is 7.71. The van der Waals surface area contributed by atoms with Crippen molar-refractivity contribution in [3.05, 3.63) is 17.0 Å². The van der Waals surface area contributed by atoms with Crippen molar-refractivity contribution in [1.82, 2.24) is 10.2 Å². The molecule has 1 aliphatic rings. The maximum absolute atomic E-state index is 4.97. The van der Waals surface area contributed by atoms with Gasteiger partial charge in [0.15, 0.2) is 0 Å². The van der Waals surface area contributed by atoms with Gasteiger partial charge in [-0.3, -0.25) is 0 Å². The van der Waals surface area contributed by atoms with Crippen LogP contribution in [0.5, 0.6) is 0 Å². The summed E-state index contributed by atoms with van der Waals surface area (Å²) in [6.07, 6.45) is 1.43. The monoisotopic (exact) mass is 172 g/mol. The second kappa shape index (κ2) is 2.39. The number of aromatic amines is 1. The Labute approximate surface area is 66.6 Å². The van der Waals surface area contributed by atoms with Crippen molar-refractivity contribution < 1.29 is 13.9 Å². The van der Waals surface area contributed by atoms with Crippen LogP contribution < -0.4 is 0 Å². The van der Waals surface area contributed by atoms with Crippen LogP contribution in [-0.2, 0) is 9.47 Å². The quantitative estimate of drug-likeness (QED) is 0.641. The fourth-order valence-electron chi connectivity index (χ4n) is 0.689. The van der Waals surface area contributed by atoms with Crippen LogP contribution in [0, 0.1) is 4.84 Å². The van der Waals surface area contributed by atoms with E-state index in [4.69, 9.17) is 13.9 Å². The lowest BCUT2D eigenvalue weighted by Gasteiger charge is -1.91. The third-order valence-corrected chi connectivity index (χ3v) is 1.30. The van der Waals surface area contributed by atoms with Crippen LogP contribution in [0.2, 0.25) is 0 Å². The highest BCUT2D eigenvalue weighted by Gasteiger charge is 2.13. The molecule has 1 aliphatic heterocycles. The highest BCUT2D eigenvalue weighted by atomic mass is 32.1. The summed E-state index contributed by atoms with van der Waals surface area (Å²) >= 11 is 4.66. The van der Waals surface area contributed by atoms with Gasteiger partial charge in [0.2, 0.25) is 12.6 Å². The molecule has 0 amide bonds. The number of ether oxygens (including phenoxy) is 2. The maximum atomic E-state index is 4.97. The molecule has 0 spiro atoms. The molecule has 0 radical (unpaired) electrons. The first kappa shape index (κ1) is 6.41. The molecular weight excluding hydrogens is 168 g/mol. The zero-order valence-electron chi connectivity index (χ0n) is 5.36. The van der Waals surface area contributed by atoms with Crippen LogP contribution in [0.1, 0.15) is 5.89 Å². The highest BCUT2D eigenvalue weighted by Crippen LogP contribution is 2.17. The number of nitrogens with one attached hydrogen (secondary N) is 1. The fraction of sp³-hybridized carbons (Fsp3) is 0.200. The molecule has 0 unspecified atom stereocenters. The summed E-state index contributed by atoms with van der Waals surface area (Å²) in [6, 6.07) is 0. The third kappa shape index (κ3) is 1.12. The minimum atomic E-state index is 0.199. The average molecular weight is 172 g/mol. The lowest BCUT2D eigenvalue weighted by Crippen LogP contribution is -1.85. The van der Waals surface area contributed by atoms with Gasteiger partial charge in [0, 0.05) is 0 Å². The smallest absolute Gasteiger partial charge is 0.285 e. The van der Waals surface area contributed by atoms with Gasteiger partial charge in [-0.15, -0.1) is 5.10 Å². The Balaban J connectivity index is 2.35. The van der Waals surface area contributed by atoms with E-state index in [0.717, 1.165) is 0 Å². The van der Waals surface area contributed by atoms with Crippen LogP contribution in [0.4, 0.5) is 0 Å². The Bertz CT molecular complexity index is 339. The van der Waals surface area contributed by atoms with Crippen molar-refractivity contribution in [3.63, 3.8) is 0 Å². The van der Waals surface area contributed by atoms with Crippen LogP contribution in [0.3, 0.4) is 0 Å². The lowest BCUT2D eigenvalue weighted by atomic mass is 10.5. The summed E-state index contributed by atoms with van der Waals surface area (Å²) in [6.45, 7) is 0.199. The van der Waals surface area contributed by atoms with Crippen molar-refractivity contribution in [2.24, 2.45) is 0 Å². The molecule has 0 aromatic carbocycles. The molecule has 1 aromatic heterocycles. The minimum absolute atomic E-state index is 0.199. The van der Waals surface area contributed by atoms with Gasteiger partial charge in [-0.25, -0.2) is 5.10 Å². The molecule has 2 heterocycles. The predicted octanol–water partition coefficient (Wildman–Crippen LogP) is 1.03. The standard InChI is InChI=1S/C5H4N2O3S/c11-5-7-6-4(10-5)3-1-8-2-9-3/h1H,2H2,(H,7,11). The van der Waals surface area contributed by atoms with Crippen LogP contribution >= 0.6 is 12.2 Å². The Kier molecular flexibility index (Phi) is 1.39. The van der Waals surface area contributed by atoms with E-state index < -0.39 is 0 Å². The van der Waals surface area contributed by atoms with Gasteiger partial charge < -0.3 is 13.9 Å². The van der Waals surface area contributed by atoms with Gasteiger partial charge in [0.1, 0.15) is 6.26 Å². The van der Waals surface area contributed by atoms with Crippen molar-refractivity contribution in [3.8, 4) is 0 Å². The first-order valence-electron chi connectivity index (χ1n) is 2.87. The first-order valence-corrected chi connectivity index (χ1v) is 3.27. The normalized spacial score (nSPS) is 15.5. The van der Waals surface area contributed by atoms with Crippen LogP contribution in [-0.4, -0.2) is 17.0 Å². The van der Waals surface area contributed by atoms with E-state index in [1.807, 2.05) is 0 Å². The fourth-order valence-corrected chi connectivity index (χ4v) is 0.813. The van der Waals surface area contributed by atoms with Gasteiger partial charge in [-0.1, -0.05) is 0 Å². The molecule has 1 N–H and O–H groups in total. The zero-order chi connectivity index (χ0) is 7.68. The molecule has 6 heteroatoms. The van der Waals surface area contributed by atoms with Crippen molar-refractivity contribution in [2.45, 2.75) is 0 Å². The summed E-state index contributed by atoms with van der Waals surface area (Å²) in [7, 11) is 0. The first-order chi connectivity index (χ1) is 5.36. The Morgan fingerprint density at radius 3 is 3.09 bits per heavy atom. The summed E-state index contributed by atoms with van der Waals surface area (Å²) < 4.78 is 14.7. The summed E-state index contributed by atoms with van der Waals surface area (Å²) in [5, 5.41) is 6.20. The van der Waals surface area contributed by atoms with Crippen molar-refractivity contribution in [1.29, 1.82) is 0 Å². The molecule has 0 saturated heterocycles. The zero-order valence-corrected chi connectivity index (χ0v) is 6.18. The number of rotatable bonds is 1. The molecule has 0 fully saturated rings. The van der Waals surface area contributed by atoms with Crippen molar-refractivity contribution >= 4 is 18.0 Å². The van der Waals surface area contributed by atoms with E-state index in [2.05, 4.69) is 22.4 Å². The molecule has 0 atom stereocenters. The molecule has 1 aromatic rings. The Morgan fingerprint density at radius 2 is 2.55 bits per heavy atom. The maximum Gasteiger partial charge on any atom is 0.285 e. The second-order valence-corrected chi connectivity index (χ2v) is 2.20. The molecule has 11 heavy (non-hydrogen) atoms. The van der Waals surface area contributed by atoms with Gasteiger partial charge in [0.25, 0.3) is 10.7 Å². The Morgan fingerprint density at radius 1 is 1.64 bits per heavy atom. The van der Waals surface area contributed by atoms with E-state index >= 15 is 0 Å². The van der Waals surface area contributed by atoms with Gasteiger partial charge in [-0.2, -0.15) is 0 Å². The van der Waals surface area contributed by atoms with Crippen molar-refractivity contribution in [2.75, 3.05) is 6.79 Å². The summed E-state index contributed by atoms with van der Waals surface area (Å²) in [4.78, 5) is 0.219. The number of nitrogens with zero attached hydrogens (tertiary/aromatic N) is 1. The number of hydrogen-bond acceptors (Lipinski definition) is 5. The van der Waals surface area contributed by atoms with Crippen LogP contribution in [0.15, 0.2) is 10.7 Å². The van der Waals surface area contributed by atoms with Crippen LogP contribution in [0.25, 0.3) is 5.76 Å². The molecule has 2 rings (SSSR count). The molecule has 0 bridgehead atoms. The van der Waals surface area contributed by atoms with E-state index in [-0.39, 0.29) is 11.6 Å². The predicted molar refractivity (Wildman–Crippen MR) is 36.7 cm³/mol. The van der Waals surface area contributed by atoms with Gasteiger partial charge >= 0.3 is 0 Å². The second-order valence-electron chi connectivity index (χ2n) is 1.83. The average Bonchev–Trinajstić information content (AvgIpc) is 2.55. The summed E-state index contributed by atoms with van der Waals surface area (Å²) in [5.41, 5.74) is 0. The molecule has 0 saturated carbocycles. The van der Waals surface area contributed by atoms with Gasteiger partial charge in [-0.05, 0) is 12.2 Å². The lowest BCUT2D eigenvalue weighted by molar-refractivity contribution is 0.0986. The van der Waals surface area contributed by atoms with Gasteiger partial charge in [0.05, 0.1) is 0 Å². The molecule has 0 aliphatic carbocycles. The number of aromatic nitrogens is 2. The summed E-state index contributed by atoms with van der Waals surface area (Å²) in [5.74, 6) is 0.768. The topological polar surface area (TPSA) is 60.3 Å². The minimum Gasteiger partial charge on any atom is -0.461 e. The molecule has 58 valence electrons. The largest absolute Gasteiger partial charge is 0.461 e. The third-order valence-electron chi connectivity index (χ3n) is 1.12. The van der Waals surface area contributed by atoms with E-state index in [0.29, 0.717) is 11.6 Å². The van der Waals surface area contributed by atoms with E-state index in [1.165, 1.54) is 6.26 Å². The molecule has 5 nitrogen and oxygen atoms in total. The number of H-pyrrole nitrogens is 1. The SMILES string of the molecule is S=c1[nH]nc(C2=COCO2)o1. The van der Waals surface area contributed by atoms with E-state index in [9.17, 15) is 0 Å². The molecular formula is C5H4N2O3S.